The summed E-state index contributed by atoms with van der Waals surface area (Å²) in [5, 5.41) is 9.08. The van der Waals surface area contributed by atoms with Gasteiger partial charge in [0, 0.05) is 18.9 Å². The van der Waals surface area contributed by atoms with E-state index < -0.39 is 0 Å². The number of hydrogen-bond donors (Lipinski definition) is 0. The molecular weight excluding hydrogens is 316 g/mol. The largest absolute Gasteiger partial charge is 0.470 e. The standard InChI is InChI=1S/C19H20N4O2/c1-14-4-2-5-15(10-14)11-18(24)23-9-3-6-16(13-23)25-19-17(12-20)21-7-8-22-19/h2,4-5,7-8,10,16H,3,6,9,11,13H2,1H3/t16-/m0/s1. The first-order valence-electron chi connectivity index (χ1n) is 8.37. The second-order valence-electron chi connectivity index (χ2n) is 6.21. The lowest BCUT2D eigenvalue weighted by Gasteiger charge is -2.32. The monoisotopic (exact) mass is 336 g/mol. The van der Waals surface area contributed by atoms with E-state index in [-0.39, 0.29) is 23.6 Å². The maximum atomic E-state index is 12.6. The molecule has 0 unspecified atom stereocenters. The fraction of sp³-hybridized carbons (Fsp3) is 0.368. The normalized spacial score (nSPS) is 17.0. The van der Waals surface area contributed by atoms with Gasteiger partial charge in [0.15, 0.2) is 0 Å². The molecular formula is C19H20N4O2. The van der Waals surface area contributed by atoms with Crippen molar-refractivity contribution in [2.45, 2.75) is 32.3 Å². The molecule has 2 heterocycles. The van der Waals surface area contributed by atoms with Crippen molar-refractivity contribution in [3.8, 4) is 11.9 Å². The molecule has 3 rings (SSSR count). The van der Waals surface area contributed by atoms with Gasteiger partial charge in [-0.3, -0.25) is 4.79 Å². The average molecular weight is 336 g/mol. The number of benzene rings is 1. The third-order valence-corrected chi connectivity index (χ3v) is 4.22. The Morgan fingerprint density at radius 2 is 2.24 bits per heavy atom. The van der Waals surface area contributed by atoms with Gasteiger partial charge >= 0.3 is 0 Å². The van der Waals surface area contributed by atoms with E-state index in [0.717, 1.165) is 30.5 Å². The molecule has 1 aliphatic rings. The van der Waals surface area contributed by atoms with Crippen LogP contribution in [0, 0.1) is 18.3 Å². The van der Waals surface area contributed by atoms with Crippen LogP contribution in [0.1, 0.15) is 29.7 Å². The number of rotatable bonds is 4. The third-order valence-electron chi connectivity index (χ3n) is 4.22. The van der Waals surface area contributed by atoms with Gasteiger partial charge in [-0.25, -0.2) is 9.97 Å². The first-order valence-corrected chi connectivity index (χ1v) is 8.37. The first kappa shape index (κ1) is 16.9. The van der Waals surface area contributed by atoms with E-state index in [1.54, 1.807) is 0 Å². The summed E-state index contributed by atoms with van der Waals surface area (Å²) in [4.78, 5) is 22.5. The summed E-state index contributed by atoms with van der Waals surface area (Å²) in [6, 6.07) is 9.98. The van der Waals surface area contributed by atoms with Crippen LogP contribution in [0.4, 0.5) is 0 Å². The van der Waals surface area contributed by atoms with Gasteiger partial charge in [0.05, 0.1) is 13.0 Å². The Kier molecular flexibility index (Phi) is 5.24. The number of amides is 1. The molecule has 1 aromatic carbocycles. The second-order valence-corrected chi connectivity index (χ2v) is 6.21. The molecule has 0 radical (unpaired) electrons. The van der Waals surface area contributed by atoms with Gasteiger partial charge in [-0.1, -0.05) is 29.8 Å². The van der Waals surface area contributed by atoms with Crippen molar-refractivity contribution in [3.05, 3.63) is 53.5 Å². The molecule has 0 saturated carbocycles. The third kappa shape index (κ3) is 4.32. The van der Waals surface area contributed by atoms with E-state index in [0.29, 0.717) is 13.0 Å². The van der Waals surface area contributed by atoms with Crippen LogP contribution >= 0.6 is 0 Å². The van der Waals surface area contributed by atoms with Gasteiger partial charge in [-0.15, -0.1) is 0 Å². The fourth-order valence-corrected chi connectivity index (χ4v) is 3.02. The number of nitriles is 1. The second kappa shape index (κ2) is 7.75. The summed E-state index contributed by atoms with van der Waals surface area (Å²) >= 11 is 0. The molecule has 128 valence electrons. The van der Waals surface area contributed by atoms with E-state index in [2.05, 4.69) is 9.97 Å². The van der Waals surface area contributed by atoms with Gasteiger partial charge in [0.25, 0.3) is 5.88 Å². The van der Waals surface area contributed by atoms with Crippen molar-refractivity contribution in [1.82, 2.24) is 14.9 Å². The van der Waals surface area contributed by atoms with Gasteiger partial charge in [-0.05, 0) is 25.3 Å². The highest BCUT2D eigenvalue weighted by Crippen LogP contribution is 2.19. The minimum absolute atomic E-state index is 0.0959. The predicted molar refractivity (Wildman–Crippen MR) is 91.9 cm³/mol. The van der Waals surface area contributed by atoms with E-state index in [1.165, 1.54) is 12.4 Å². The summed E-state index contributed by atoms with van der Waals surface area (Å²) in [6.07, 6.45) is 4.88. The molecule has 0 spiro atoms. The molecule has 6 heteroatoms. The van der Waals surface area contributed by atoms with Crippen LogP contribution in [-0.4, -0.2) is 40.0 Å². The van der Waals surface area contributed by atoms with Crippen LogP contribution in [0.5, 0.6) is 5.88 Å². The van der Waals surface area contributed by atoms with E-state index >= 15 is 0 Å². The summed E-state index contributed by atoms with van der Waals surface area (Å²) in [6.45, 7) is 3.26. The summed E-state index contributed by atoms with van der Waals surface area (Å²) < 4.78 is 5.84. The van der Waals surface area contributed by atoms with Crippen molar-refractivity contribution in [3.63, 3.8) is 0 Å². The minimum Gasteiger partial charge on any atom is -0.470 e. The average Bonchev–Trinajstić information content (AvgIpc) is 2.62. The van der Waals surface area contributed by atoms with Crippen molar-refractivity contribution >= 4 is 5.91 Å². The van der Waals surface area contributed by atoms with Gasteiger partial charge in [-0.2, -0.15) is 5.26 Å². The lowest BCUT2D eigenvalue weighted by molar-refractivity contribution is -0.133. The SMILES string of the molecule is Cc1cccc(CC(=O)N2CCC[C@H](Oc3nccnc3C#N)C2)c1. The molecule has 0 N–H and O–H groups in total. The number of aromatic nitrogens is 2. The van der Waals surface area contributed by atoms with Crippen molar-refractivity contribution in [2.75, 3.05) is 13.1 Å². The quantitative estimate of drug-likeness (QED) is 0.856. The van der Waals surface area contributed by atoms with E-state index in [4.69, 9.17) is 10.00 Å². The lowest BCUT2D eigenvalue weighted by Crippen LogP contribution is -2.45. The summed E-state index contributed by atoms with van der Waals surface area (Å²) in [5.41, 5.74) is 2.34. The number of nitrogens with zero attached hydrogens (tertiary/aromatic N) is 4. The smallest absolute Gasteiger partial charge is 0.251 e. The van der Waals surface area contributed by atoms with Crippen LogP contribution in [0.2, 0.25) is 0 Å². The Bertz CT molecular complexity index is 800. The van der Waals surface area contributed by atoms with Crippen molar-refractivity contribution in [2.24, 2.45) is 0 Å². The summed E-state index contributed by atoms with van der Waals surface area (Å²) in [5.74, 6) is 0.335. The fourth-order valence-electron chi connectivity index (χ4n) is 3.02. The number of carbonyl (C=O) groups excluding carboxylic acids is 1. The highest BCUT2D eigenvalue weighted by Gasteiger charge is 2.26. The summed E-state index contributed by atoms with van der Waals surface area (Å²) in [7, 11) is 0. The van der Waals surface area contributed by atoms with Crippen molar-refractivity contribution in [1.29, 1.82) is 5.26 Å². The molecule has 1 atom stereocenters. The highest BCUT2D eigenvalue weighted by molar-refractivity contribution is 5.79. The van der Waals surface area contributed by atoms with E-state index in [1.807, 2.05) is 42.2 Å². The first-order chi connectivity index (χ1) is 12.2. The number of carbonyl (C=O) groups is 1. The predicted octanol–water partition coefficient (Wildman–Crippen LogP) is 2.27. The van der Waals surface area contributed by atoms with Crippen LogP contribution < -0.4 is 4.74 Å². The van der Waals surface area contributed by atoms with Gasteiger partial charge in [0.2, 0.25) is 11.6 Å². The zero-order valence-electron chi connectivity index (χ0n) is 14.2. The Balaban J connectivity index is 1.63. The molecule has 1 aromatic heterocycles. The number of ether oxygens (including phenoxy) is 1. The highest BCUT2D eigenvalue weighted by atomic mass is 16.5. The topological polar surface area (TPSA) is 79.1 Å². The number of hydrogen-bond acceptors (Lipinski definition) is 5. The maximum Gasteiger partial charge on any atom is 0.251 e. The number of likely N-dealkylation sites (tertiary alicyclic amines) is 1. The van der Waals surface area contributed by atoms with Crippen LogP contribution in [-0.2, 0) is 11.2 Å². The molecule has 0 aliphatic carbocycles. The Hall–Kier alpha value is -2.94. The van der Waals surface area contributed by atoms with Crippen LogP contribution in [0.15, 0.2) is 36.7 Å². The van der Waals surface area contributed by atoms with Gasteiger partial charge in [0.1, 0.15) is 12.2 Å². The molecule has 1 fully saturated rings. The van der Waals surface area contributed by atoms with Crippen LogP contribution in [0.25, 0.3) is 0 Å². The Morgan fingerprint density at radius 3 is 3.04 bits per heavy atom. The minimum atomic E-state index is -0.168. The van der Waals surface area contributed by atoms with Crippen LogP contribution in [0.3, 0.4) is 0 Å². The molecule has 6 nitrogen and oxygen atoms in total. The Morgan fingerprint density at radius 1 is 1.40 bits per heavy atom. The lowest BCUT2D eigenvalue weighted by atomic mass is 10.1. The molecule has 25 heavy (non-hydrogen) atoms. The molecule has 1 amide bonds. The zero-order chi connectivity index (χ0) is 17.6. The number of piperidine rings is 1. The molecule has 2 aromatic rings. The maximum absolute atomic E-state index is 12.6. The molecule has 1 saturated heterocycles. The molecule has 0 bridgehead atoms. The zero-order valence-corrected chi connectivity index (χ0v) is 14.2. The van der Waals surface area contributed by atoms with Gasteiger partial charge < -0.3 is 9.64 Å². The Labute approximate surface area is 147 Å². The van der Waals surface area contributed by atoms with E-state index in [9.17, 15) is 4.79 Å². The molecule has 1 aliphatic heterocycles. The van der Waals surface area contributed by atoms with Crippen molar-refractivity contribution < 1.29 is 9.53 Å². The number of aryl methyl sites for hydroxylation is 1.